The average molecular weight is 465 g/mol. The molecule has 2 atom stereocenters. The second-order valence-electron chi connectivity index (χ2n) is 9.29. The van der Waals surface area contributed by atoms with Crippen molar-refractivity contribution in [3.05, 3.63) is 144 Å². The second kappa shape index (κ2) is 7.42. The van der Waals surface area contributed by atoms with Gasteiger partial charge in [-0.05, 0) is 0 Å². The Labute approximate surface area is 195 Å². The normalized spacial score (nSPS) is 19.0. The van der Waals surface area contributed by atoms with Crippen molar-refractivity contribution in [1.29, 1.82) is 0 Å². The van der Waals surface area contributed by atoms with Crippen LogP contribution in [-0.4, -0.2) is 7.63 Å². The van der Waals surface area contributed by atoms with Crippen molar-refractivity contribution in [2.24, 2.45) is 0 Å². The van der Waals surface area contributed by atoms with Crippen LogP contribution in [0.1, 0.15) is 33.6 Å². The molecular formula is C30H28SiTi-2. The van der Waals surface area contributed by atoms with Crippen LogP contribution < -0.4 is 7.74 Å². The zero-order chi connectivity index (χ0) is 21.6. The summed E-state index contributed by atoms with van der Waals surface area (Å²) in [6.07, 6.45) is 9.80. The molecule has 0 spiro atoms. The topological polar surface area (TPSA) is 0 Å². The number of allylic oxidation sites excluding steroid dienone is 2. The summed E-state index contributed by atoms with van der Waals surface area (Å²) in [6, 6.07) is 41.0. The van der Waals surface area contributed by atoms with Gasteiger partial charge in [-0.1, -0.05) is 0 Å². The van der Waals surface area contributed by atoms with Crippen LogP contribution in [0.2, 0.25) is 0 Å². The van der Waals surface area contributed by atoms with Gasteiger partial charge in [-0.15, -0.1) is 0 Å². The van der Waals surface area contributed by atoms with Crippen LogP contribution in [0, 0.1) is 0 Å². The van der Waals surface area contributed by atoms with E-state index in [2.05, 4.69) is 141 Å². The molecule has 0 N–H and O–H groups in total. The average Bonchev–Trinajstić information content (AvgIpc) is 3.50. The molecule has 2 unspecified atom stereocenters. The van der Waals surface area contributed by atoms with Gasteiger partial charge < -0.3 is 2.85 Å². The Morgan fingerprint density at radius 3 is 1.31 bits per heavy atom. The predicted molar refractivity (Wildman–Crippen MR) is 139 cm³/mol. The molecule has 0 aromatic heterocycles. The van der Waals surface area contributed by atoms with E-state index in [1.807, 2.05) is 0 Å². The third-order valence-electron chi connectivity index (χ3n) is 7.93. The van der Waals surface area contributed by atoms with Crippen molar-refractivity contribution in [2.45, 2.75) is 8.45 Å². The Kier molecular flexibility index (Phi) is 4.62. The molecule has 0 saturated carbocycles. The fraction of sp³-hybridized carbons (Fsp3) is 0.0667. The van der Waals surface area contributed by atoms with Crippen LogP contribution in [0.4, 0.5) is 0 Å². The number of hydrogen-bond acceptors (Lipinski definition) is 0. The summed E-state index contributed by atoms with van der Waals surface area (Å²) in [5.74, 6) is 0. The van der Waals surface area contributed by atoms with E-state index in [-0.39, 0.29) is 2.85 Å². The SMILES string of the molecule is [H-].[H-].[SiH2]=[Ti]([c]1ccccc1)([c]1ccccc1)([CH]1C=Cc2ccccc21)[CH]1C=Cc2ccccc21. The summed E-state index contributed by atoms with van der Waals surface area (Å²) in [4.78, 5) is 0. The quantitative estimate of drug-likeness (QED) is 0.343. The van der Waals surface area contributed by atoms with E-state index in [9.17, 15) is 0 Å². The van der Waals surface area contributed by atoms with Gasteiger partial charge in [-0.2, -0.15) is 0 Å². The van der Waals surface area contributed by atoms with Crippen LogP contribution in [0.15, 0.2) is 121 Å². The van der Waals surface area contributed by atoms with E-state index < -0.39 is 14.0 Å². The summed E-state index contributed by atoms with van der Waals surface area (Å²) in [7, 11) is 2.38. The van der Waals surface area contributed by atoms with Crippen molar-refractivity contribution in [3.8, 4) is 0 Å². The minimum absolute atomic E-state index is 0. The van der Waals surface area contributed by atoms with Gasteiger partial charge >= 0.3 is 194 Å². The molecule has 4 aromatic carbocycles. The van der Waals surface area contributed by atoms with Crippen LogP contribution in [0.3, 0.4) is 0 Å². The van der Waals surface area contributed by atoms with Crippen LogP contribution in [0.5, 0.6) is 0 Å². The summed E-state index contributed by atoms with van der Waals surface area (Å²) in [5.41, 5.74) is 5.73. The summed E-state index contributed by atoms with van der Waals surface area (Å²) < 4.78 is 3.89. The molecule has 0 radical (unpaired) electrons. The minimum atomic E-state index is -3.85. The maximum atomic E-state index is 2.53. The molecule has 6 rings (SSSR count). The Morgan fingerprint density at radius 1 is 0.500 bits per heavy atom. The number of fused-ring (bicyclic) bond motifs is 2. The monoisotopic (exact) mass is 464 g/mol. The molecule has 158 valence electrons. The van der Waals surface area contributed by atoms with Crippen molar-refractivity contribution in [1.82, 2.24) is 0 Å². The van der Waals surface area contributed by atoms with E-state index in [1.54, 1.807) is 7.74 Å². The van der Waals surface area contributed by atoms with E-state index >= 15 is 0 Å². The second-order valence-corrected chi connectivity index (χ2v) is 24.4. The first-order valence-corrected chi connectivity index (χ1v) is 18.8. The third kappa shape index (κ3) is 2.59. The van der Waals surface area contributed by atoms with Crippen LogP contribution in [-0.2, 0) is 14.0 Å². The molecule has 2 aliphatic carbocycles. The van der Waals surface area contributed by atoms with Crippen LogP contribution >= 0.6 is 0 Å². The molecule has 0 amide bonds. The first kappa shape index (κ1) is 19.9. The molecule has 2 aliphatic rings. The van der Waals surface area contributed by atoms with Gasteiger partial charge in [-0.3, -0.25) is 0 Å². The molecule has 0 heterocycles. The van der Waals surface area contributed by atoms with Gasteiger partial charge in [0, 0.05) is 0 Å². The number of rotatable bonds is 4. The fourth-order valence-electron chi connectivity index (χ4n) is 6.39. The van der Waals surface area contributed by atoms with E-state index in [0.717, 1.165) is 0 Å². The third-order valence-corrected chi connectivity index (χ3v) is 26.2. The Bertz CT molecular complexity index is 1330. The van der Waals surface area contributed by atoms with Crippen molar-refractivity contribution in [2.75, 3.05) is 0 Å². The van der Waals surface area contributed by atoms with E-state index in [1.165, 1.54) is 22.3 Å². The van der Waals surface area contributed by atoms with Crippen molar-refractivity contribution in [3.63, 3.8) is 0 Å². The molecule has 0 fully saturated rings. The molecule has 2 heteroatoms. The van der Waals surface area contributed by atoms with Gasteiger partial charge in [-0.25, -0.2) is 0 Å². The molecular weight excluding hydrogens is 436 g/mol. The van der Waals surface area contributed by atoms with E-state index in [0.29, 0.717) is 8.45 Å². The zero-order valence-corrected chi connectivity index (χ0v) is 21.0. The van der Waals surface area contributed by atoms with Crippen LogP contribution in [0.25, 0.3) is 12.2 Å². The Hall–Kier alpha value is -2.71. The first-order chi connectivity index (χ1) is 15.7. The molecule has 4 aromatic rings. The molecule has 0 bridgehead atoms. The summed E-state index contributed by atoms with van der Waals surface area (Å²) in [5, 5.41) is 0. The summed E-state index contributed by atoms with van der Waals surface area (Å²) >= 11 is -3.85. The van der Waals surface area contributed by atoms with Gasteiger partial charge in [0.2, 0.25) is 0 Å². The maximum absolute atomic E-state index is 3.85. The van der Waals surface area contributed by atoms with Crippen molar-refractivity contribution < 1.29 is 16.9 Å². The molecule has 0 aliphatic heterocycles. The van der Waals surface area contributed by atoms with Gasteiger partial charge in [0.25, 0.3) is 0 Å². The van der Waals surface area contributed by atoms with Gasteiger partial charge in [0.1, 0.15) is 0 Å². The van der Waals surface area contributed by atoms with E-state index in [4.69, 9.17) is 0 Å². The molecule has 0 saturated heterocycles. The van der Waals surface area contributed by atoms with Crippen molar-refractivity contribution >= 4 is 27.5 Å². The van der Waals surface area contributed by atoms with Gasteiger partial charge in [0.15, 0.2) is 0 Å². The first-order valence-electron chi connectivity index (χ1n) is 11.4. The number of hydrogen-bond donors (Lipinski definition) is 0. The molecule has 32 heavy (non-hydrogen) atoms. The zero-order valence-electron chi connectivity index (χ0n) is 20.1. The fourth-order valence-corrected chi connectivity index (χ4v) is 22.4. The number of benzene rings is 4. The standard InChI is InChI=1S/2C9H7.2C6H5.H2Si.Ti.2H/c2*1-2-5-9-7-3-6-8(9)4-1;2*1-2-4-6-5-3-1;;;;/h2*1-7H;2*1-5H;1H2;;;/q;;;;;;2*-1. The Balaban J connectivity index is 0.00000137. The predicted octanol–water partition coefficient (Wildman–Crippen LogP) is 5.64. The molecule has 0 nitrogen and oxygen atoms in total. The summed E-state index contributed by atoms with van der Waals surface area (Å²) in [6.45, 7) is 0. The Morgan fingerprint density at radius 2 is 0.875 bits per heavy atom. The van der Waals surface area contributed by atoms with Gasteiger partial charge in [0.05, 0.1) is 0 Å².